The molecule has 0 spiro atoms. The quantitative estimate of drug-likeness (QED) is 0.284. The molecule has 2 aromatic carbocycles. The molecule has 46 heavy (non-hydrogen) atoms. The zero-order valence-electron chi connectivity index (χ0n) is 26.0. The largest absolute Gasteiger partial charge is 0.453 e. The number of imidazole rings is 2. The lowest BCUT2D eigenvalue weighted by molar-refractivity contribution is -0.142. The summed E-state index contributed by atoms with van der Waals surface area (Å²) >= 11 is 0. The molecule has 12 nitrogen and oxygen atoms in total. The van der Waals surface area contributed by atoms with Crippen molar-refractivity contribution in [2.24, 2.45) is 0 Å². The van der Waals surface area contributed by atoms with Gasteiger partial charge in [0.05, 0.1) is 41.3 Å². The first kappa shape index (κ1) is 29.8. The molecule has 3 saturated heterocycles. The second kappa shape index (κ2) is 12.5. The Bertz CT molecular complexity index is 1860. The Kier molecular flexibility index (Phi) is 8.09. The summed E-state index contributed by atoms with van der Waals surface area (Å²) < 4.78 is 10.3. The van der Waals surface area contributed by atoms with Gasteiger partial charge in [-0.05, 0) is 81.8 Å². The summed E-state index contributed by atoms with van der Waals surface area (Å²) in [5.74, 6) is 7.93. The van der Waals surface area contributed by atoms with Crippen LogP contribution in [0, 0.1) is 11.8 Å². The van der Waals surface area contributed by atoms with Gasteiger partial charge < -0.3 is 34.6 Å². The number of H-pyrrole nitrogens is 2. The van der Waals surface area contributed by atoms with E-state index in [1.165, 1.54) is 7.11 Å². The zero-order chi connectivity index (χ0) is 31.8. The lowest BCUT2D eigenvalue weighted by Crippen LogP contribution is -2.46. The van der Waals surface area contributed by atoms with E-state index < -0.39 is 12.1 Å². The van der Waals surface area contributed by atoms with E-state index in [4.69, 9.17) is 14.7 Å². The van der Waals surface area contributed by atoms with Crippen LogP contribution in [0.3, 0.4) is 0 Å². The molecule has 12 heteroatoms. The normalized spacial score (nSPS) is 21.8. The fraction of sp³-hybridized carbons (Fsp3) is 0.441. The lowest BCUT2D eigenvalue weighted by atomic mass is 10.1. The van der Waals surface area contributed by atoms with Crippen molar-refractivity contribution in [2.75, 3.05) is 26.8 Å². The van der Waals surface area contributed by atoms with Gasteiger partial charge in [0, 0.05) is 30.8 Å². The number of rotatable bonds is 5. The summed E-state index contributed by atoms with van der Waals surface area (Å²) in [6, 6.07) is 10.8. The van der Waals surface area contributed by atoms with E-state index in [0.29, 0.717) is 19.0 Å². The third-order valence-corrected chi connectivity index (χ3v) is 9.15. The average Bonchev–Trinajstić information content (AvgIpc) is 3.90. The van der Waals surface area contributed by atoms with E-state index in [9.17, 15) is 14.4 Å². The van der Waals surface area contributed by atoms with Crippen LogP contribution in [0.2, 0.25) is 0 Å². The molecule has 0 unspecified atom stereocenters. The van der Waals surface area contributed by atoms with E-state index in [1.54, 1.807) is 11.8 Å². The minimum absolute atomic E-state index is 0.0709. The molecule has 7 rings (SSSR count). The number of hydrogen-bond donors (Lipinski definition) is 3. The van der Waals surface area contributed by atoms with Crippen LogP contribution in [0.25, 0.3) is 22.1 Å². The topological polar surface area (TPSA) is 146 Å². The molecule has 3 aliphatic heterocycles. The number of amides is 3. The maximum atomic E-state index is 13.1. The van der Waals surface area contributed by atoms with Gasteiger partial charge >= 0.3 is 6.09 Å². The van der Waals surface area contributed by atoms with Gasteiger partial charge in [-0.1, -0.05) is 11.8 Å². The molecule has 3 aliphatic rings. The van der Waals surface area contributed by atoms with Gasteiger partial charge in [-0.2, -0.15) is 0 Å². The first-order valence-electron chi connectivity index (χ1n) is 16.0. The van der Waals surface area contributed by atoms with Crippen molar-refractivity contribution in [3.05, 3.63) is 59.2 Å². The summed E-state index contributed by atoms with van der Waals surface area (Å²) in [4.78, 5) is 58.0. The number of aromatic nitrogens is 4. The number of nitrogens with zero attached hydrogens (tertiary/aromatic N) is 4. The summed E-state index contributed by atoms with van der Waals surface area (Å²) in [6.07, 6.45) is 4.21. The second-order valence-corrected chi connectivity index (χ2v) is 12.2. The molecule has 5 heterocycles. The highest BCUT2D eigenvalue weighted by Crippen LogP contribution is 2.34. The van der Waals surface area contributed by atoms with Crippen molar-refractivity contribution in [1.82, 2.24) is 35.1 Å². The number of carbonyl (C=O) groups is 3. The fourth-order valence-electron chi connectivity index (χ4n) is 6.80. The number of alkyl carbamates (subject to hydrolysis) is 1. The first-order valence-corrected chi connectivity index (χ1v) is 16.0. The van der Waals surface area contributed by atoms with E-state index in [1.807, 2.05) is 41.3 Å². The molecule has 3 N–H and O–H groups in total. The van der Waals surface area contributed by atoms with Crippen LogP contribution in [-0.4, -0.2) is 86.6 Å². The van der Waals surface area contributed by atoms with Crippen molar-refractivity contribution >= 4 is 40.0 Å². The highest BCUT2D eigenvalue weighted by Gasteiger charge is 2.37. The van der Waals surface area contributed by atoms with Gasteiger partial charge in [0.15, 0.2) is 0 Å². The number of carbonyl (C=O) groups excluding carboxylic acids is 3. The number of fused-ring (bicyclic) bond motifs is 2. The molecule has 4 atom stereocenters. The molecular formula is C34H37N7O5. The van der Waals surface area contributed by atoms with Crippen molar-refractivity contribution in [3.63, 3.8) is 0 Å². The van der Waals surface area contributed by atoms with E-state index in [2.05, 4.69) is 31.9 Å². The summed E-state index contributed by atoms with van der Waals surface area (Å²) in [5, 5.41) is 2.56. The Morgan fingerprint density at radius 2 is 1.48 bits per heavy atom. The van der Waals surface area contributed by atoms with Crippen LogP contribution in [-0.2, 0) is 19.1 Å². The molecule has 3 fully saturated rings. The SMILES string of the molecule is COC(=O)N[C@@H](C)C(=O)N1CCC[C@H]1c1nc2cc(C#Cc3ccc4[nH]c([C@@H]5CCCN5C(=O)[C@H]5CCCO5)nc4c3)ccc2[nH]1. The molecule has 4 aromatic rings. The monoisotopic (exact) mass is 623 g/mol. The Hall–Kier alpha value is -4.89. The van der Waals surface area contributed by atoms with Gasteiger partial charge in [-0.3, -0.25) is 9.59 Å². The van der Waals surface area contributed by atoms with Crippen molar-refractivity contribution in [1.29, 1.82) is 0 Å². The Labute approximate surface area is 266 Å². The van der Waals surface area contributed by atoms with Crippen molar-refractivity contribution < 1.29 is 23.9 Å². The van der Waals surface area contributed by atoms with Crippen LogP contribution in [0.1, 0.15) is 80.3 Å². The molecule has 3 amide bonds. The maximum Gasteiger partial charge on any atom is 0.407 e. The number of methoxy groups -OCH3 is 1. The number of likely N-dealkylation sites (tertiary alicyclic amines) is 2. The molecule has 2 aromatic heterocycles. The van der Waals surface area contributed by atoms with Gasteiger partial charge in [-0.15, -0.1) is 0 Å². The van der Waals surface area contributed by atoms with Crippen LogP contribution in [0.15, 0.2) is 36.4 Å². The van der Waals surface area contributed by atoms with E-state index in [0.717, 1.165) is 84.1 Å². The highest BCUT2D eigenvalue weighted by molar-refractivity contribution is 5.86. The van der Waals surface area contributed by atoms with Crippen molar-refractivity contribution in [2.45, 2.75) is 69.7 Å². The number of aromatic amines is 2. The van der Waals surface area contributed by atoms with Crippen LogP contribution >= 0.6 is 0 Å². The number of nitrogens with one attached hydrogen (secondary N) is 3. The van der Waals surface area contributed by atoms with Gasteiger partial charge in [0.25, 0.3) is 5.91 Å². The zero-order valence-corrected chi connectivity index (χ0v) is 26.0. The molecule has 0 bridgehead atoms. The first-order chi connectivity index (χ1) is 22.4. The minimum atomic E-state index is -0.704. The third-order valence-electron chi connectivity index (χ3n) is 9.15. The maximum absolute atomic E-state index is 13.1. The second-order valence-electron chi connectivity index (χ2n) is 12.2. The van der Waals surface area contributed by atoms with E-state index >= 15 is 0 Å². The number of benzene rings is 2. The smallest absolute Gasteiger partial charge is 0.407 e. The highest BCUT2D eigenvalue weighted by atomic mass is 16.5. The standard InChI is InChI=1S/C34H37N7O5/c1-20(35-34(44)45-2)32(42)40-15-3-6-27(40)30-36-23-13-11-21(18-25(23)38-30)9-10-22-12-14-24-26(19-22)39-31(37-24)28-7-4-16-41(28)33(43)29-8-5-17-46-29/h11-14,18-20,27-29H,3-8,15-17H2,1-2H3,(H,35,44)(H,36,38)(H,37,39)/t20-,27-,28-,29+/m0/s1. The summed E-state index contributed by atoms with van der Waals surface area (Å²) in [6.45, 7) is 3.63. The molecule has 0 radical (unpaired) electrons. The van der Waals surface area contributed by atoms with Crippen LogP contribution in [0.4, 0.5) is 4.79 Å². The van der Waals surface area contributed by atoms with Crippen LogP contribution in [0.5, 0.6) is 0 Å². The lowest BCUT2D eigenvalue weighted by Gasteiger charge is -2.26. The summed E-state index contributed by atoms with van der Waals surface area (Å²) in [5.41, 5.74) is 5.02. The van der Waals surface area contributed by atoms with E-state index in [-0.39, 0.29) is 30.0 Å². The third kappa shape index (κ3) is 5.78. The van der Waals surface area contributed by atoms with Gasteiger partial charge in [0.2, 0.25) is 5.91 Å². The Morgan fingerprint density at radius 1 is 0.891 bits per heavy atom. The molecular weight excluding hydrogens is 586 g/mol. The minimum Gasteiger partial charge on any atom is -0.453 e. The predicted octanol–water partition coefficient (Wildman–Crippen LogP) is 4.09. The predicted molar refractivity (Wildman–Crippen MR) is 170 cm³/mol. The summed E-state index contributed by atoms with van der Waals surface area (Å²) in [7, 11) is 1.27. The Morgan fingerprint density at radius 3 is 2.04 bits per heavy atom. The fourth-order valence-corrected chi connectivity index (χ4v) is 6.80. The van der Waals surface area contributed by atoms with Crippen LogP contribution < -0.4 is 5.32 Å². The molecule has 0 saturated carbocycles. The number of hydrogen-bond acceptors (Lipinski definition) is 7. The molecule has 238 valence electrons. The van der Waals surface area contributed by atoms with Gasteiger partial charge in [0.1, 0.15) is 23.8 Å². The van der Waals surface area contributed by atoms with Crippen molar-refractivity contribution in [3.8, 4) is 11.8 Å². The molecule has 0 aliphatic carbocycles. The van der Waals surface area contributed by atoms with Gasteiger partial charge in [-0.25, -0.2) is 14.8 Å². The average molecular weight is 624 g/mol. The number of ether oxygens (including phenoxy) is 2. The Balaban J connectivity index is 1.06.